The van der Waals surface area contributed by atoms with Crippen molar-refractivity contribution in [1.82, 2.24) is 0 Å². The summed E-state index contributed by atoms with van der Waals surface area (Å²) >= 11 is 0. The summed E-state index contributed by atoms with van der Waals surface area (Å²) in [5, 5.41) is 0. The van der Waals surface area contributed by atoms with Crippen molar-refractivity contribution in [1.29, 1.82) is 0 Å². The third-order valence-electron chi connectivity index (χ3n) is 2.68. The predicted octanol–water partition coefficient (Wildman–Crippen LogP) is 3.73. The van der Waals surface area contributed by atoms with E-state index in [1.807, 2.05) is 60.7 Å². The Bertz CT molecular complexity index is 518. The second kappa shape index (κ2) is 4.51. The van der Waals surface area contributed by atoms with Crippen LogP contribution in [0.2, 0.25) is 0 Å². The minimum atomic E-state index is -1.25. The van der Waals surface area contributed by atoms with Gasteiger partial charge in [-0.2, -0.15) is 0 Å². The predicted molar refractivity (Wildman–Crippen MR) is 66.9 cm³/mol. The molecule has 17 heavy (non-hydrogen) atoms. The zero-order chi connectivity index (χ0) is 12.1. The lowest BCUT2D eigenvalue weighted by atomic mass is 9.93. The van der Waals surface area contributed by atoms with E-state index in [2.05, 4.69) is 9.69 Å². The summed E-state index contributed by atoms with van der Waals surface area (Å²) in [7, 11) is 0. The van der Waals surface area contributed by atoms with Crippen molar-refractivity contribution in [3.8, 4) is 0 Å². The first-order valence-electron chi connectivity index (χ1n) is 5.22. The number of benzene rings is 2. The van der Waals surface area contributed by atoms with Crippen LogP contribution in [-0.2, 0) is 5.66 Å². The molecular formula is C15H10N2. The van der Waals surface area contributed by atoms with Crippen LogP contribution in [-0.4, -0.2) is 0 Å². The first-order chi connectivity index (χ1) is 8.33. The Labute approximate surface area is 101 Å². The van der Waals surface area contributed by atoms with Gasteiger partial charge in [0.15, 0.2) is 0 Å². The third kappa shape index (κ3) is 1.77. The highest BCUT2D eigenvalue weighted by molar-refractivity contribution is 5.44. The smallest absolute Gasteiger partial charge is 0.224 e. The van der Waals surface area contributed by atoms with Crippen LogP contribution in [0.15, 0.2) is 60.7 Å². The van der Waals surface area contributed by atoms with Gasteiger partial charge in [0.05, 0.1) is 0 Å². The molecule has 80 valence electrons. The molecule has 2 nitrogen and oxygen atoms in total. The van der Waals surface area contributed by atoms with Gasteiger partial charge < -0.3 is 0 Å². The minimum absolute atomic E-state index is 0.719. The molecule has 0 unspecified atom stereocenters. The van der Waals surface area contributed by atoms with Gasteiger partial charge in [0.2, 0.25) is 0 Å². The molecule has 2 rings (SSSR count). The fraction of sp³-hybridized carbons (Fsp3) is 0.0667. The monoisotopic (exact) mass is 218 g/mol. The number of hydrogen-bond acceptors (Lipinski definition) is 0. The van der Waals surface area contributed by atoms with Crippen LogP contribution in [0.1, 0.15) is 11.1 Å². The van der Waals surface area contributed by atoms with E-state index in [-0.39, 0.29) is 0 Å². The largest absolute Gasteiger partial charge is 0.537 e. The van der Waals surface area contributed by atoms with Crippen molar-refractivity contribution in [2.45, 2.75) is 5.66 Å². The molecule has 0 aliphatic carbocycles. The van der Waals surface area contributed by atoms with Crippen LogP contribution >= 0.6 is 0 Å². The Morgan fingerprint density at radius 2 is 1.00 bits per heavy atom. The maximum atomic E-state index is 7.39. The van der Waals surface area contributed by atoms with Gasteiger partial charge in [0.25, 0.3) is 0 Å². The van der Waals surface area contributed by atoms with Gasteiger partial charge in [0, 0.05) is 0 Å². The van der Waals surface area contributed by atoms with Gasteiger partial charge in [-0.25, -0.2) is 22.8 Å². The summed E-state index contributed by atoms with van der Waals surface area (Å²) in [5.41, 5.74) is 0.190. The molecule has 2 aromatic carbocycles. The van der Waals surface area contributed by atoms with Crippen LogP contribution in [0.4, 0.5) is 0 Å². The second-order valence-electron chi connectivity index (χ2n) is 3.63. The third-order valence-corrected chi connectivity index (χ3v) is 2.68. The molecule has 0 bridgehead atoms. The molecule has 0 saturated heterocycles. The van der Waals surface area contributed by atoms with Gasteiger partial charge in [-0.05, 0) is 24.3 Å². The zero-order valence-electron chi connectivity index (χ0n) is 9.17. The molecular weight excluding hydrogens is 208 g/mol. The van der Waals surface area contributed by atoms with E-state index in [4.69, 9.17) is 13.1 Å². The highest BCUT2D eigenvalue weighted by Gasteiger charge is 2.48. The van der Waals surface area contributed by atoms with Gasteiger partial charge >= 0.3 is 5.66 Å². The first-order valence-corrected chi connectivity index (χ1v) is 5.22. The molecule has 0 radical (unpaired) electrons. The van der Waals surface area contributed by atoms with Crippen molar-refractivity contribution in [2.24, 2.45) is 0 Å². The fourth-order valence-electron chi connectivity index (χ4n) is 1.79. The number of hydrogen-bond donors (Lipinski definition) is 0. The molecule has 2 aromatic rings. The van der Waals surface area contributed by atoms with Crippen molar-refractivity contribution in [3.63, 3.8) is 0 Å². The Morgan fingerprint density at radius 1 is 0.647 bits per heavy atom. The van der Waals surface area contributed by atoms with Crippen LogP contribution in [0, 0.1) is 13.1 Å². The van der Waals surface area contributed by atoms with Crippen molar-refractivity contribution >= 4 is 0 Å². The SMILES string of the molecule is [C-]#[N+]C([N+]#[C-])(c1ccccc1)c1ccccc1. The van der Waals surface area contributed by atoms with E-state index >= 15 is 0 Å². The standard InChI is InChI=1S/C15H10N2/c1-16-15(17-2,13-9-5-3-6-10-13)14-11-7-4-8-12-14/h3-12H. The van der Waals surface area contributed by atoms with Gasteiger partial charge in [-0.15, -0.1) is 0 Å². The summed E-state index contributed by atoms with van der Waals surface area (Å²) in [6.07, 6.45) is 0. The van der Waals surface area contributed by atoms with Crippen molar-refractivity contribution in [2.75, 3.05) is 0 Å². The van der Waals surface area contributed by atoms with E-state index in [9.17, 15) is 0 Å². The van der Waals surface area contributed by atoms with Crippen LogP contribution in [0.25, 0.3) is 9.69 Å². The average molecular weight is 218 g/mol. The van der Waals surface area contributed by atoms with E-state index in [1.54, 1.807) is 0 Å². The normalized spacial score (nSPS) is 10.2. The Balaban J connectivity index is 2.65. The number of rotatable bonds is 2. The van der Waals surface area contributed by atoms with E-state index in [0.717, 1.165) is 11.1 Å². The maximum Gasteiger partial charge on any atom is 0.537 e. The Morgan fingerprint density at radius 3 is 1.29 bits per heavy atom. The fourth-order valence-corrected chi connectivity index (χ4v) is 1.79. The number of nitrogens with zero attached hydrogens (tertiary/aromatic N) is 2. The quantitative estimate of drug-likeness (QED) is 0.679. The first kappa shape index (κ1) is 10.9. The maximum absolute atomic E-state index is 7.39. The minimum Gasteiger partial charge on any atom is -0.224 e. The van der Waals surface area contributed by atoms with E-state index in [0.29, 0.717) is 0 Å². The van der Waals surface area contributed by atoms with E-state index < -0.39 is 5.66 Å². The molecule has 0 aromatic heterocycles. The lowest BCUT2D eigenvalue weighted by molar-refractivity contribution is 0.802. The summed E-state index contributed by atoms with van der Waals surface area (Å²) in [6.45, 7) is 14.8. The lowest BCUT2D eigenvalue weighted by Gasteiger charge is -2.09. The topological polar surface area (TPSA) is 8.72 Å². The molecule has 0 fully saturated rings. The summed E-state index contributed by atoms with van der Waals surface area (Å²) in [5.74, 6) is 0. The molecule has 0 spiro atoms. The molecule has 0 amide bonds. The zero-order valence-corrected chi connectivity index (χ0v) is 9.17. The molecule has 0 aliphatic rings. The Kier molecular flexibility index (Phi) is 2.90. The molecule has 0 aliphatic heterocycles. The second-order valence-corrected chi connectivity index (χ2v) is 3.63. The van der Waals surface area contributed by atoms with Crippen LogP contribution in [0.3, 0.4) is 0 Å². The van der Waals surface area contributed by atoms with E-state index in [1.165, 1.54) is 0 Å². The van der Waals surface area contributed by atoms with Crippen LogP contribution in [0.5, 0.6) is 0 Å². The van der Waals surface area contributed by atoms with Gasteiger partial charge in [0.1, 0.15) is 11.1 Å². The van der Waals surface area contributed by atoms with Gasteiger partial charge in [-0.3, -0.25) is 0 Å². The summed E-state index contributed by atoms with van der Waals surface area (Å²) in [4.78, 5) is 7.15. The summed E-state index contributed by atoms with van der Waals surface area (Å²) < 4.78 is 0. The Hall–Kier alpha value is -2.58. The molecule has 0 atom stereocenters. The summed E-state index contributed by atoms with van der Waals surface area (Å²) in [6, 6.07) is 18.5. The highest BCUT2D eigenvalue weighted by Crippen LogP contribution is 2.35. The molecule has 0 saturated carbocycles. The molecule has 0 N–H and O–H groups in total. The van der Waals surface area contributed by atoms with Crippen LogP contribution < -0.4 is 0 Å². The van der Waals surface area contributed by atoms with Gasteiger partial charge in [-0.1, -0.05) is 36.4 Å². The molecule has 0 heterocycles. The highest BCUT2D eigenvalue weighted by atomic mass is 15.0. The van der Waals surface area contributed by atoms with Crippen molar-refractivity contribution < 1.29 is 0 Å². The lowest BCUT2D eigenvalue weighted by Crippen LogP contribution is -2.18. The molecule has 2 heteroatoms. The average Bonchev–Trinajstić information content (AvgIpc) is 2.43. The van der Waals surface area contributed by atoms with Crippen molar-refractivity contribution in [3.05, 3.63) is 94.6 Å².